The van der Waals surface area contributed by atoms with Crippen molar-refractivity contribution in [2.75, 3.05) is 6.61 Å². The number of fused-ring (bicyclic) bond motifs is 1. The molecule has 80 valence electrons. The molecule has 0 radical (unpaired) electrons. The number of carboxylic acid groups (broad SMARTS) is 1. The number of para-hydroxylation sites is 1. The highest BCUT2D eigenvalue weighted by Gasteiger charge is 2.24. The van der Waals surface area contributed by atoms with Crippen molar-refractivity contribution in [3.63, 3.8) is 0 Å². The number of hydrogen-bond acceptors (Lipinski definition) is 2. The molecule has 1 aliphatic rings. The van der Waals surface area contributed by atoms with E-state index in [1.165, 1.54) is 0 Å². The fourth-order valence-corrected chi connectivity index (χ4v) is 2.01. The molecule has 2 rings (SSSR count). The summed E-state index contributed by atoms with van der Waals surface area (Å²) in [5.41, 5.74) is 0.882. The molecule has 0 aromatic heterocycles. The van der Waals surface area contributed by atoms with Crippen molar-refractivity contribution in [2.24, 2.45) is 5.92 Å². The molecule has 0 saturated carbocycles. The first-order valence-corrected chi connectivity index (χ1v) is 5.19. The zero-order chi connectivity index (χ0) is 10.8. The van der Waals surface area contributed by atoms with Crippen LogP contribution in [0.3, 0.4) is 0 Å². The van der Waals surface area contributed by atoms with Crippen molar-refractivity contribution in [3.05, 3.63) is 28.8 Å². The third-order valence-corrected chi connectivity index (χ3v) is 2.87. The fraction of sp³-hybridized carbons (Fsp3) is 0.364. The lowest BCUT2D eigenvalue weighted by molar-refractivity contribution is -0.142. The van der Waals surface area contributed by atoms with Crippen molar-refractivity contribution in [1.82, 2.24) is 0 Å². The molecule has 0 saturated heterocycles. The summed E-state index contributed by atoms with van der Waals surface area (Å²) in [6, 6.07) is 5.43. The number of benzene rings is 1. The molecule has 0 aliphatic carbocycles. The Morgan fingerprint density at radius 3 is 3.07 bits per heavy atom. The number of aliphatic carboxylic acids is 1. The quantitative estimate of drug-likeness (QED) is 0.800. The Morgan fingerprint density at radius 1 is 1.53 bits per heavy atom. The molecule has 1 heterocycles. The molecule has 1 unspecified atom stereocenters. The van der Waals surface area contributed by atoms with Gasteiger partial charge in [-0.2, -0.15) is 0 Å². The van der Waals surface area contributed by atoms with E-state index in [1.54, 1.807) is 6.07 Å². The van der Waals surface area contributed by atoms with Gasteiger partial charge in [-0.25, -0.2) is 0 Å². The predicted molar refractivity (Wildman–Crippen MR) is 56.4 cm³/mol. The van der Waals surface area contributed by atoms with E-state index in [2.05, 4.69) is 0 Å². The molecule has 0 fully saturated rings. The summed E-state index contributed by atoms with van der Waals surface area (Å²) in [5.74, 6) is -0.501. The largest absolute Gasteiger partial charge is 0.492 e. The second kappa shape index (κ2) is 4.11. The number of hydrogen-bond donors (Lipinski definition) is 1. The molecular weight excluding hydrogens is 216 g/mol. The second-order valence-electron chi connectivity index (χ2n) is 3.60. The molecule has 0 bridgehead atoms. The van der Waals surface area contributed by atoms with Gasteiger partial charge in [-0.15, -0.1) is 0 Å². The third kappa shape index (κ3) is 2.07. The highest BCUT2D eigenvalue weighted by atomic mass is 35.5. The van der Waals surface area contributed by atoms with Crippen molar-refractivity contribution >= 4 is 17.6 Å². The lowest BCUT2D eigenvalue weighted by atomic mass is 9.97. The van der Waals surface area contributed by atoms with E-state index in [0.717, 1.165) is 5.56 Å². The Bertz CT molecular complexity index is 389. The minimum Gasteiger partial charge on any atom is -0.492 e. The van der Waals surface area contributed by atoms with Gasteiger partial charge in [0.15, 0.2) is 0 Å². The standard InChI is InChI=1S/C11H11ClO3/c12-9-3-1-2-7-6-8(11(13)14)4-5-15-10(7)9/h1-3,8H,4-6H2,(H,13,14). The van der Waals surface area contributed by atoms with Crippen molar-refractivity contribution in [2.45, 2.75) is 12.8 Å². The summed E-state index contributed by atoms with van der Waals surface area (Å²) in [6.07, 6.45) is 1.02. The molecule has 1 aliphatic heterocycles. The van der Waals surface area contributed by atoms with Crippen molar-refractivity contribution in [1.29, 1.82) is 0 Å². The predicted octanol–water partition coefficient (Wildman–Crippen LogP) is 2.37. The number of carboxylic acids is 1. The van der Waals surface area contributed by atoms with Gasteiger partial charge in [0.2, 0.25) is 0 Å². The van der Waals surface area contributed by atoms with Crippen LogP contribution in [0, 0.1) is 5.92 Å². The van der Waals surface area contributed by atoms with Crippen molar-refractivity contribution in [3.8, 4) is 5.75 Å². The first kappa shape index (κ1) is 10.3. The van der Waals surface area contributed by atoms with Gasteiger partial charge in [0, 0.05) is 0 Å². The smallest absolute Gasteiger partial charge is 0.306 e. The number of halogens is 1. The number of ether oxygens (including phenoxy) is 1. The lowest BCUT2D eigenvalue weighted by Gasteiger charge is -2.08. The summed E-state index contributed by atoms with van der Waals surface area (Å²) >= 11 is 5.97. The SMILES string of the molecule is O=C(O)C1CCOc2c(Cl)cccc2C1. The van der Waals surface area contributed by atoms with Gasteiger partial charge in [-0.05, 0) is 24.5 Å². The normalized spacial score (nSPS) is 19.9. The first-order valence-electron chi connectivity index (χ1n) is 4.81. The topological polar surface area (TPSA) is 46.5 Å². The van der Waals surface area contributed by atoms with Crippen LogP contribution in [-0.2, 0) is 11.2 Å². The van der Waals surface area contributed by atoms with E-state index >= 15 is 0 Å². The molecule has 0 spiro atoms. The van der Waals surface area contributed by atoms with E-state index in [1.807, 2.05) is 12.1 Å². The van der Waals surface area contributed by atoms with E-state index in [9.17, 15) is 4.79 Å². The minimum atomic E-state index is -0.772. The average Bonchev–Trinajstić information content (AvgIpc) is 2.40. The average molecular weight is 227 g/mol. The molecule has 3 nitrogen and oxygen atoms in total. The molecule has 1 aromatic rings. The highest BCUT2D eigenvalue weighted by molar-refractivity contribution is 6.32. The maximum atomic E-state index is 10.9. The molecule has 1 aromatic carbocycles. The summed E-state index contributed by atoms with van der Waals surface area (Å²) in [7, 11) is 0. The van der Waals surface area contributed by atoms with Crippen LogP contribution in [0.25, 0.3) is 0 Å². The molecule has 1 N–H and O–H groups in total. The molecule has 1 atom stereocenters. The Hall–Kier alpha value is -1.22. The van der Waals surface area contributed by atoms with Gasteiger partial charge >= 0.3 is 5.97 Å². The van der Waals surface area contributed by atoms with Crippen LogP contribution in [0.15, 0.2) is 18.2 Å². The van der Waals surface area contributed by atoms with Crippen LogP contribution in [0.4, 0.5) is 0 Å². The molecule has 15 heavy (non-hydrogen) atoms. The Balaban J connectivity index is 2.34. The minimum absolute atomic E-state index is 0.371. The Kier molecular flexibility index (Phi) is 2.82. The Labute approximate surface area is 92.6 Å². The summed E-state index contributed by atoms with van der Waals surface area (Å²) < 4.78 is 5.46. The van der Waals surface area contributed by atoms with Gasteiger partial charge in [0.05, 0.1) is 17.5 Å². The van der Waals surface area contributed by atoms with Crippen LogP contribution in [-0.4, -0.2) is 17.7 Å². The van der Waals surface area contributed by atoms with Gasteiger partial charge < -0.3 is 9.84 Å². The van der Waals surface area contributed by atoms with E-state index in [-0.39, 0.29) is 5.92 Å². The maximum Gasteiger partial charge on any atom is 0.306 e. The van der Waals surface area contributed by atoms with E-state index < -0.39 is 5.97 Å². The number of carbonyl (C=O) groups is 1. The van der Waals surface area contributed by atoms with Gasteiger partial charge in [-0.1, -0.05) is 23.7 Å². The van der Waals surface area contributed by atoms with E-state index in [0.29, 0.717) is 30.2 Å². The monoisotopic (exact) mass is 226 g/mol. The fourth-order valence-electron chi connectivity index (χ4n) is 1.76. The van der Waals surface area contributed by atoms with Crippen LogP contribution < -0.4 is 4.74 Å². The molecule has 4 heteroatoms. The van der Waals surface area contributed by atoms with Gasteiger partial charge in [0.25, 0.3) is 0 Å². The highest BCUT2D eigenvalue weighted by Crippen LogP contribution is 2.33. The Morgan fingerprint density at radius 2 is 2.33 bits per heavy atom. The summed E-state index contributed by atoms with van der Waals surface area (Å²) in [4.78, 5) is 10.9. The number of rotatable bonds is 1. The first-order chi connectivity index (χ1) is 7.18. The van der Waals surface area contributed by atoms with Crippen LogP contribution in [0.1, 0.15) is 12.0 Å². The van der Waals surface area contributed by atoms with Crippen LogP contribution in [0.5, 0.6) is 5.75 Å². The second-order valence-corrected chi connectivity index (χ2v) is 4.01. The van der Waals surface area contributed by atoms with E-state index in [4.69, 9.17) is 21.4 Å². The third-order valence-electron chi connectivity index (χ3n) is 2.58. The maximum absolute atomic E-state index is 10.9. The summed E-state index contributed by atoms with van der Waals surface area (Å²) in [5, 5.41) is 9.52. The van der Waals surface area contributed by atoms with Crippen molar-refractivity contribution < 1.29 is 14.6 Å². The van der Waals surface area contributed by atoms with Gasteiger partial charge in [-0.3, -0.25) is 4.79 Å². The zero-order valence-electron chi connectivity index (χ0n) is 8.07. The summed E-state index contributed by atoms with van der Waals surface area (Å²) in [6.45, 7) is 0.410. The van der Waals surface area contributed by atoms with Gasteiger partial charge in [0.1, 0.15) is 5.75 Å². The van der Waals surface area contributed by atoms with Crippen LogP contribution >= 0.6 is 11.6 Å². The zero-order valence-corrected chi connectivity index (χ0v) is 8.83. The van der Waals surface area contributed by atoms with Crippen LogP contribution in [0.2, 0.25) is 5.02 Å². The molecule has 0 amide bonds. The molecular formula is C11H11ClO3. The lowest BCUT2D eigenvalue weighted by Crippen LogP contribution is -2.16.